The van der Waals surface area contributed by atoms with Gasteiger partial charge in [-0.15, -0.1) is 0 Å². The molecule has 2 aromatic rings. The number of fused-ring (bicyclic) bond motifs is 1. The van der Waals surface area contributed by atoms with E-state index in [9.17, 15) is 0 Å². The molecule has 0 saturated heterocycles. The number of aromatic nitrogens is 1. The predicted octanol–water partition coefficient (Wildman–Crippen LogP) is 3.02. The summed E-state index contributed by atoms with van der Waals surface area (Å²) < 4.78 is 5.30. The van der Waals surface area contributed by atoms with Gasteiger partial charge in [-0.2, -0.15) is 0 Å². The molecule has 0 amide bonds. The summed E-state index contributed by atoms with van der Waals surface area (Å²) >= 11 is 0. The van der Waals surface area contributed by atoms with E-state index in [4.69, 9.17) is 4.74 Å². The zero-order chi connectivity index (χ0) is 12.4. The summed E-state index contributed by atoms with van der Waals surface area (Å²) in [6, 6.07) is 6.19. The molecule has 0 aliphatic rings. The third-order valence-corrected chi connectivity index (χ3v) is 3.06. The van der Waals surface area contributed by atoms with Crippen LogP contribution in [0.15, 0.2) is 18.2 Å². The van der Waals surface area contributed by atoms with Crippen LogP contribution < -0.4 is 10.1 Å². The molecule has 0 fully saturated rings. The molecule has 1 aromatic carbocycles. The lowest BCUT2D eigenvalue weighted by atomic mass is 9.99. The van der Waals surface area contributed by atoms with E-state index in [1.165, 1.54) is 22.2 Å². The van der Waals surface area contributed by atoms with Crippen LogP contribution in [-0.4, -0.2) is 19.1 Å². The number of benzene rings is 1. The van der Waals surface area contributed by atoms with Gasteiger partial charge in [-0.05, 0) is 36.7 Å². The highest BCUT2D eigenvalue weighted by Crippen LogP contribution is 2.31. The molecule has 0 saturated carbocycles. The Morgan fingerprint density at radius 1 is 1.35 bits per heavy atom. The Bertz CT molecular complexity index is 514. The molecule has 2 N–H and O–H groups in total. The zero-order valence-corrected chi connectivity index (χ0v) is 10.9. The number of H-pyrrole nitrogens is 1. The van der Waals surface area contributed by atoms with Gasteiger partial charge in [0.2, 0.25) is 0 Å². The third kappa shape index (κ3) is 2.15. The molecule has 92 valence electrons. The van der Waals surface area contributed by atoms with Crippen molar-refractivity contribution < 1.29 is 4.74 Å². The standard InChI is InChI=1S/C14H20N2O/c1-9(2)14-11-7-10(17-4)5-6-12(11)16-13(14)8-15-3/h5-7,9,15-16H,8H2,1-4H3. The van der Waals surface area contributed by atoms with Crippen LogP contribution in [0.2, 0.25) is 0 Å². The number of hydrogen-bond acceptors (Lipinski definition) is 2. The molecule has 2 rings (SSSR count). The molecule has 0 atom stereocenters. The van der Waals surface area contributed by atoms with Crippen LogP contribution >= 0.6 is 0 Å². The average Bonchev–Trinajstić information content (AvgIpc) is 2.66. The highest BCUT2D eigenvalue weighted by atomic mass is 16.5. The Morgan fingerprint density at radius 2 is 2.12 bits per heavy atom. The molecule has 1 aromatic heterocycles. The van der Waals surface area contributed by atoms with Crippen molar-refractivity contribution in [2.45, 2.75) is 26.3 Å². The van der Waals surface area contributed by atoms with Crippen LogP contribution in [0.5, 0.6) is 5.75 Å². The molecule has 1 heterocycles. The third-order valence-electron chi connectivity index (χ3n) is 3.06. The summed E-state index contributed by atoms with van der Waals surface area (Å²) in [5.74, 6) is 1.41. The molecule has 0 aliphatic carbocycles. The van der Waals surface area contributed by atoms with Gasteiger partial charge in [0.25, 0.3) is 0 Å². The Hall–Kier alpha value is -1.48. The maximum atomic E-state index is 5.30. The van der Waals surface area contributed by atoms with Crippen molar-refractivity contribution >= 4 is 10.9 Å². The number of hydrogen-bond donors (Lipinski definition) is 2. The SMILES string of the molecule is CNCc1[nH]c2ccc(OC)cc2c1C(C)C. The summed E-state index contributed by atoms with van der Waals surface area (Å²) in [6.45, 7) is 5.31. The zero-order valence-electron chi connectivity index (χ0n) is 10.9. The quantitative estimate of drug-likeness (QED) is 0.850. The van der Waals surface area contributed by atoms with Crippen LogP contribution in [0.4, 0.5) is 0 Å². The van der Waals surface area contributed by atoms with E-state index in [-0.39, 0.29) is 0 Å². The van der Waals surface area contributed by atoms with Gasteiger partial charge in [0.1, 0.15) is 5.75 Å². The van der Waals surface area contributed by atoms with Gasteiger partial charge in [0.15, 0.2) is 0 Å². The fourth-order valence-corrected chi connectivity index (χ4v) is 2.35. The van der Waals surface area contributed by atoms with Gasteiger partial charge < -0.3 is 15.0 Å². The van der Waals surface area contributed by atoms with Gasteiger partial charge in [0.05, 0.1) is 7.11 Å². The lowest BCUT2D eigenvalue weighted by molar-refractivity contribution is 0.415. The highest BCUT2D eigenvalue weighted by molar-refractivity contribution is 5.86. The number of aromatic amines is 1. The summed E-state index contributed by atoms with van der Waals surface area (Å²) in [6.07, 6.45) is 0. The van der Waals surface area contributed by atoms with E-state index in [1.54, 1.807) is 7.11 Å². The first-order valence-corrected chi connectivity index (χ1v) is 6.00. The van der Waals surface area contributed by atoms with Crippen molar-refractivity contribution in [3.05, 3.63) is 29.5 Å². The molecule has 0 spiro atoms. The number of nitrogens with one attached hydrogen (secondary N) is 2. The van der Waals surface area contributed by atoms with Gasteiger partial charge in [0, 0.05) is 23.1 Å². The number of rotatable bonds is 4. The van der Waals surface area contributed by atoms with Crippen molar-refractivity contribution in [3.8, 4) is 5.75 Å². The van der Waals surface area contributed by atoms with E-state index in [1.807, 2.05) is 13.1 Å². The van der Waals surface area contributed by atoms with Crippen LogP contribution in [0.25, 0.3) is 10.9 Å². The average molecular weight is 232 g/mol. The first-order chi connectivity index (χ1) is 8.17. The molecule has 0 aliphatic heterocycles. The maximum Gasteiger partial charge on any atom is 0.119 e. The van der Waals surface area contributed by atoms with Crippen LogP contribution in [0, 0.1) is 0 Å². The van der Waals surface area contributed by atoms with Gasteiger partial charge in [-0.3, -0.25) is 0 Å². The van der Waals surface area contributed by atoms with Crippen LogP contribution in [0.1, 0.15) is 31.0 Å². The summed E-state index contributed by atoms with van der Waals surface area (Å²) in [5.41, 5.74) is 3.83. The second-order valence-electron chi connectivity index (χ2n) is 4.61. The molecule has 3 nitrogen and oxygen atoms in total. The molecule has 0 bridgehead atoms. The highest BCUT2D eigenvalue weighted by Gasteiger charge is 2.14. The van der Waals surface area contributed by atoms with Crippen molar-refractivity contribution in [1.29, 1.82) is 0 Å². The molecular weight excluding hydrogens is 212 g/mol. The number of ether oxygens (including phenoxy) is 1. The first-order valence-electron chi connectivity index (χ1n) is 6.00. The maximum absolute atomic E-state index is 5.30. The van der Waals surface area contributed by atoms with E-state index < -0.39 is 0 Å². The molecule has 17 heavy (non-hydrogen) atoms. The summed E-state index contributed by atoms with van der Waals surface area (Å²) in [5, 5.41) is 4.47. The predicted molar refractivity (Wildman–Crippen MR) is 71.7 cm³/mol. The second-order valence-corrected chi connectivity index (χ2v) is 4.61. The monoisotopic (exact) mass is 232 g/mol. The lowest BCUT2D eigenvalue weighted by Crippen LogP contribution is -2.08. The van der Waals surface area contributed by atoms with E-state index >= 15 is 0 Å². The largest absolute Gasteiger partial charge is 0.497 e. The summed E-state index contributed by atoms with van der Waals surface area (Å²) in [4.78, 5) is 3.48. The minimum Gasteiger partial charge on any atom is -0.497 e. The first kappa shape index (κ1) is 12.0. The van der Waals surface area contributed by atoms with E-state index in [2.05, 4.69) is 36.3 Å². The Morgan fingerprint density at radius 3 is 2.71 bits per heavy atom. The summed E-state index contributed by atoms with van der Waals surface area (Å²) in [7, 11) is 3.67. The Balaban J connectivity index is 2.63. The smallest absolute Gasteiger partial charge is 0.119 e. The van der Waals surface area contributed by atoms with Crippen LogP contribution in [-0.2, 0) is 6.54 Å². The molecule has 0 unspecified atom stereocenters. The molecule has 0 radical (unpaired) electrons. The Kier molecular flexibility index (Phi) is 3.38. The van der Waals surface area contributed by atoms with E-state index in [0.29, 0.717) is 5.92 Å². The van der Waals surface area contributed by atoms with Crippen molar-refractivity contribution in [1.82, 2.24) is 10.3 Å². The Labute approximate surface area is 102 Å². The minimum absolute atomic E-state index is 0.499. The lowest BCUT2D eigenvalue weighted by Gasteiger charge is -2.08. The topological polar surface area (TPSA) is 37.0 Å². The van der Waals surface area contributed by atoms with Gasteiger partial charge in [-0.25, -0.2) is 0 Å². The minimum atomic E-state index is 0.499. The normalized spacial score (nSPS) is 11.4. The fourth-order valence-electron chi connectivity index (χ4n) is 2.35. The van der Waals surface area contributed by atoms with E-state index in [0.717, 1.165) is 12.3 Å². The van der Waals surface area contributed by atoms with Crippen molar-refractivity contribution in [3.63, 3.8) is 0 Å². The second kappa shape index (κ2) is 4.80. The van der Waals surface area contributed by atoms with Crippen molar-refractivity contribution in [2.75, 3.05) is 14.2 Å². The number of methoxy groups -OCH3 is 1. The molecule has 3 heteroatoms. The van der Waals surface area contributed by atoms with Gasteiger partial charge in [-0.1, -0.05) is 13.8 Å². The van der Waals surface area contributed by atoms with Gasteiger partial charge >= 0.3 is 0 Å². The molecular formula is C14H20N2O. The fraction of sp³-hybridized carbons (Fsp3) is 0.429. The van der Waals surface area contributed by atoms with Crippen LogP contribution in [0.3, 0.4) is 0 Å². The van der Waals surface area contributed by atoms with Crippen molar-refractivity contribution in [2.24, 2.45) is 0 Å².